The molecule has 0 fully saturated rings. The van der Waals surface area contributed by atoms with E-state index in [-0.39, 0.29) is 23.7 Å². The summed E-state index contributed by atoms with van der Waals surface area (Å²) >= 11 is 0. The minimum absolute atomic E-state index is 0.0313. The van der Waals surface area contributed by atoms with Crippen molar-refractivity contribution in [3.05, 3.63) is 89.2 Å². The number of hydrogen-bond acceptors (Lipinski definition) is 4. The van der Waals surface area contributed by atoms with Crippen LogP contribution in [0, 0.1) is 11.7 Å². The van der Waals surface area contributed by atoms with Gasteiger partial charge in [0.2, 0.25) is 0 Å². The van der Waals surface area contributed by atoms with Crippen LogP contribution in [0.1, 0.15) is 111 Å². The van der Waals surface area contributed by atoms with Gasteiger partial charge in [0.25, 0.3) is 0 Å². The molecule has 0 aromatic heterocycles. The van der Waals surface area contributed by atoms with Crippen LogP contribution in [0.5, 0.6) is 5.75 Å². The van der Waals surface area contributed by atoms with Gasteiger partial charge in [-0.2, -0.15) is 13.2 Å². The fraction of sp³-hybridized carbons (Fsp3) is 0.459. The molecule has 0 radical (unpaired) electrons. The van der Waals surface area contributed by atoms with E-state index in [9.17, 15) is 27.2 Å². The minimum atomic E-state index is -4.78. The molecule has 0 heterocycles. The van der Waals surface area contributed by atoms with E-state index in [0.717, 1.165) is 35.7 Å². The van der Waals surface area contributed by atoms with Crippen LogP contribution in [0.15, 0.2) is 66.7 Å². The molecule has 8 heteroatoms. The van der Waals surface area contributed by atoms with Gasteiger partial charge >= 0.3 is 18.1 Å². The van der Waals surface area contributed by atoms with Crippen LogP contribution < -0.4 is 4.74 Å². The molecule has 0 saturated carbocycles. The summed E-state index contributed by atoms with van der Waals surface area (Å²) in [6.45, 7) is 5.73. The topological polar surface area (TPSA) is 52.6 Å². The highest BCUT2D eigenvalue weighted by Crippen LogP contribution is 2.29. The molecule has 3 rings (SSSR count). The van der Waals surface area contributed by atoms with Crippen LogP contribution in [-0.4, -0.2) is 24.2 Å². The highest BCUT2D eigenvalue weighted by molar-refractivity contribution is 5.92. The summed E-state index contributed by atoms with van der Waals surface area (Å²) in [7, 11) is 0. The van der Waals surface area contributed by atoms with Crippen LogP contribution in [0.3, 0.4) is 0 Å². The predicted molar refractivity (Wildman–Crippen MR) is 169 cm³/mol. The second kappa shape index (κ2) is 17.7. The Balaban J connectivity index is 1.52. The predicted octanol–water partition coefficient (Wildman–Crippen LogP) is 10.9. The van der Waals surface area contributed by atoms with Crippen molar-refractivity contribution < 1.29 is 36.6 Å². The molecule has 0 amide bonds. The zero-order chi connectivity index (χ0) is 32.8. The summed E-state index contributed by atoms with van der Waals surface area (Å²) in [4.78, 5) is 25.0. The SMILES string of the molecule is CCCCCCCCCCc1ccc(-c2ccc(C(=O)Oc3ccc(C(=O)OC(CCC(C)C)C(F)(F)F)c(F)c3)cc2)cc1. The summed E-state index contributed by atoms with van der Waals surface area (Å²) < 4.78 is 64.5. The lowest BCUT2D eigenvalue weighted by Gasteiger charge is -2.21. The van der Waals surface area contributed by atoms with Gasteiger partial charge < -0.3 is 9.47 Å². The molecule has 0 N–H and O–H groups in total. The third-order valence-corrected chi connectivity index (χ3v) is 7.72. The monoisotopic (exact) mass is 628 g/mol. The van der Waals surface area contributed by atoms with Crippen LogP contribution in [-0.2, 0) is 11.2 Å². The van der Waals surface area contributed by atoms with Gasteiger partial charge in [-0.15, -0.1) is 0 Å². The number of benzene rings is 3. The molecule has 1 unspecified atom stereocenters. The van der Waals surface area contributed by atoms with E-state index >= 15 is 0 Å². The Bertz CT molecular complexity index is 1350. The normalized spacial score (nSPS) is 12.3. The van der Waals surface area contributed by atoms with Gasteiger partial charge in [0.05, 0.1) is 11.1 Å². The van der Waals surface area contributed by atoms with Gasteiger partial charge in [0, 0.05) is 6.07 Å². The number of ether oxygens (including phenoxy) is 2. The number of esters is 2. The highest BCUT2D eigenvalue weighted by atomic mass is 19.4. The van der Waals surface area contributed by atoms with Crippen LogP contribution in [0.25, 0.3) is 11.1 Å². The molecule has 3 aromatic rings. The molecule has 1 atom stereocenters. The number of alkyl halides is 3. The van der Waals surface area contributed by atoms with Gasteiger partial charge in [0.15, 0.2) is 6.10 Å². The first-order valence-corrected chi connectivity index (χ1v) is 16.0. The second-order valence-corrected chi connectivity index (χ2v) is 11.9. The first kappa shape index (κ1) is 35.8. The number of halogens is 4. The quantitative estimate of drug-likeness (QED) is 0.0646. The Kier molecular flexibility index (Phi) is 14.1. The van der Waals surface area contributed by atoms with Crippen molar-refractivity contribution in [2.24, 2.45) is 5.92 Å². The Hall–Kier alpha value is -3.68. The van der Waals surface area contributed by atoms with Crippen molar-refractivity contribution >= 4 is 11.9 Å². The average Bonchev–Trinajstić information content (AvgIpc) is 3.00. The fourth-order valence-corrected chi connectivity index (χ4v) is 4.98. The maximum absolute atomic E-state index is 14.7. The molecule has 4 nitrogen and oxygen atoms in total. The first-order chi connectivity index (χ1) is 21.5. The van der Waals surface area contributed by atoms with Crippen molar-refractivity contribution in [1.29, 1.82) is 0 Å². The van der Waals surface area contributed by atoms with E-state index < -0.39 is 42.0 Å². The lowest BCUT2D eigenvalue weighted by atomic mass is 10.00. The number of hydrogen-bond donors (Lipinski definition) is 0. The third-order valence-electron chi connectivity index (χ3n) is 7.72. The second-order valence-electron chi connectivity index (χ2n) is 11.9. The molecule has 0 saturated heterocycles. The lowest BCUT2D eigenvalue weighted by molar-refractivity contribution is -0.206. The summed E-state index contributed by atoms with van der Waals surface area (Å²) in [5, 5.41) is 0. The van der Waals surface area contributed by atoms with E-state index in [4.69, 9.17) is 4.74 Å². The molecule has 0 spiro atoms. The molecule has 3 aromatic carbocycles. The molecular formula is C37H44F4O4. The van der Waals surface area contributed by atoms with Crippen LogP contribution in [0.4, 0.5) is 17.6 Å². The average molecular weight is 629 g/mol. The van der Waals surface area contributed by atoms with Crippen molar-refractivity contribution in [2.45, 2.75) is 104 Å². The molecule has 45 heavy (non-hydrogen) atoms. The summed E-state index contributed by atoms with van der Waals surface area (Å²) in [6, 6.07) is 18.0. The maximum atomic E-state index is 14.7. The van der Waals surface area contributed by atoms with Gasteiger partial charge in [0.1, 0.15) is 11.6 Å². The summed E-state index contributed by atoms with van der Waals surface area (Å²) in [6.07, 6.45) is 3.99. The lowest BCUT2D eigenvalue weighted by Crippen LogP contribution is -2.34. The Labute approximate surface area is 264 Å². The first-order valence-electron chi connectivity index (χ1n) is 16.0. The van der Waals surface area contributed by atoms with Crippen molar-refractivity contribution in [1.82, 2.24) is 0 Å². The Morgan fingerprint density at radius 2 is 1.31 bits per heavy atom. The highest BCUT2D eigenvalue weighted by Gasteiger charge is 2.42. The molecule has 0 bridgehead atoms. The largest absolute Gasteiger partial charge is 0.449 e. The van der Waals surface area contributed by atoms with Gasteiger partial charge in [-0.25, -0.2) is 14.0 Å². The fourth-order valence-electron chi connectivity index (χ4n) is 4.98. The molecule has 0 aliphatic carbocycles. The molecular weight excluding hydrogens is 584 g/mol. The minimum Gasteiger partial charge on any atom is -0.449 e. The van der Waals surface area contributed by atoms with E-state index in [1.165, 1.54) is 56.9 Å². The standard InChI is InChI=1S/C37H44F4O4/c1-4-5-6-7-8-9-10-11-12-27-14-16-28(17-15-27)29-18-20-30(21-19-29)35(42)44-31-22-23-32(33(38)25-31)36(43)45-34(37(39,40)41)24-13-26(2)3/h14-23,25-26,34H,4-13,24H2,1-3H3. The van der Waals surface area contributed by atoms with Crippen molar-refractivity contribution in [3.8, 4) is 16.9 Å². The molecule has 0 aliphatic rings. The van der Waals surface area contributed by atoms with Crippen molar-refractivity contribution in [3.63, 3.8) is 0 Å². The van der Waals surface area contributed by atoms with Gasteiger partial charge in [-0.1, -0.05) is 102 Å². The third kappa shape index (κ3) is 12.0. The molecule has 244 valence electrons. The maximum Gasteiger partial charge on any atom is 0.425 e. The Morgan fingerprint density at radius 3 is 1.87 bits per heavy atom. The Morgan fingerprint density at radius 1 is 0.733 bits per heavy atom. The number of unbranched alkanes of at least 4 members (excludes halogenated alkanes) is 7. The number of carbonyl (C=O) groups excluding carboxylic acids is 2. The van der Waals surface area contributed by atoms with E-state index in [2.05, 4.69) is 35.9 Å². The number of carbonyl (C=O) groups is 2. The van der Waals surface area contributed by atoms with Gasteiger partial charge in [-0.05, 0) is 72.6 Å². The van der Waals surface area contributed by atoms with Gasteiger partial charge in [-0.3, -0.25) is 0 Å². The number of aryl methyl sites for hydroxylation is 1. The van der Waals surface area contributed by atoms with E-state index in [1.807, 2.05) is 0 Å². The zero-order valence-electron chi connectivity index (χ0n) is 26.4. The van der Waals surface area contributed by atoms with Crippen molar-refractivity contribution in [2.75, 3.05) is 0 Å². The van der Waals surface area contributed by atoms with E-state index in [0.29, 0.717) is 0 Å². The van der Waals surface area contributed by atoms with Crippen LogP contribution >= 0.6 is 0 Å². The summed E-state index contributed by atoms with van der Waals surface area (Å²) in [5.41, 5.74) is 2.78. The van der Waals surface area contributed by atoms with Crippen LogP contribution in [0.2, 0.25) is 0 Å². The van der Waals surface area contributed by atoms with E-state index in [1.54, 1.807) is 38.1 Å². The summed E-state index contributed by atoms with van der Waals surface area (Å²) in [5.74, 6) is -3.57. The number of rotatable bonds is 17. The molecule has 0 aliphatic heterocycles. The zero-order valence-corrected chi connectivity index (χ0v) is 26.4. The smallest absolute Gasteiger partial charge is 0.425 e.